The molecule has 0 aliphatic carbocycles. The van der Waals surface area contributed by atoms with Crippen molar-refractivity contribution in [1.29, 1.82) is 0 Å². The largest absolute Gasteiger partial charge is 0.487 e. The molecule has 17 heavy (non-hydrogen) atoms. The van der Waals surface area contributed by atoms with Gasteiger partial charge < -0.3 is 9.57 Å². The summed E-state index contributed by atoms with van der Waals surface area (Å²) < 4.78 is 7.14. The zero-order valence-corrected chi connectivity index (χ0v) is 12.2. The summed E-state index contributed by atoms with van der Waals surface area (Å²) in [7, 11) is 1.64. The Morgan fingerprint density at radius 2 is 2.18 bits per heavy atom. The summed E-state index contributed by atoms with van der Waals surface area (Å²) in [5, 5.41) is 0. The summed E-state index contributed by atoms with van der Waals surface area (Å²) in [5.41, 5.74) is 5.16. The van der Waals surface area contributed by atoms with E-state index in [9.17, 15) is 0 Å². The van der Waals surface area contributed by atoms with Crippen molar-refractivity contribution in [3.63, 3.8) is 0 Å². The molecule has 0 saturated heterocycles. The summed E-state index contributed by atoms with van der Waals surface area (Å²) in [6.45, 7) is 6.26. The van der Waals surface area contributed by atoms with Gasteiger partial charge in [0.2, 0.25) is 0 Å². The van der Waals surface area contributed by atoms with Gasteiger partial charge >= 0.3 is 0 Å². The Morgan fingerprint density at radius 3 is 2.82 bits per heavy atom. The van der Waals surface area contributed by atoms with Crippen molar-refractivity contribution < 1.29 is 9.57 Å². The molecule has 2 rings (SSSR count). The monoisotopic (exact) mass is 299 g/mol. The molecule has 3 nitrogen and oxygen atoms in total. The molecule has 94 valence electrons. The van der Waals surface area contributed by atoms with Crippen molar-refractivity contribution in [2.45, 2.75) is 38.8 Å². The molecule has 0 spiro atoms. The maximum Gasteiger partial charge on any atom is 0.129 e. The SMILES string of the molecule is CONC1CC(C)(C)Oc2c(C)ccc(Br)c21. The van der Waals surface area contributed by atoms with E-state index >= 15 is 0 Å². The number of ether oxygens (including phenoxy) is 1. The van der Waals surface area contributed by atoms with E-state index in [0.29, 0.717) is 0 Å². The maximum atomic E-state index is 6.08. The minimum absolute atomic E-state index is 0.146. The highest BCUT2D eigenvalue weighted by atomic mass is 79.9. The third-order valence-electron chi connectivity index (χ3n) is 3.02. The van der Waals surface area contributed by atoms with E-state index in [0.717, 1.165) is 27.8 Å². The van der Waals surface area contributed by atoms with Crippen molar-refractivity contribution in [3.05, 3.63) is 27.7 Å². The van der Waals surface area contributed by atoms with Crippen LogP contribution < -0.4 is 10.2 Å². The fourth-order valence-corrected chi connectivity index (χ4v) is 2.89. The Labute approximate surface area is 111 Å². The standard InChI is InChI=1S/C13H18BrNO2/c1-8-5-6-9(14)11-10(15-16-4)7-13(2,3)17-12(8)11/h5-6,10,15H,7H2,1-4H3. The first-order valence-electron chi connectivity index (χ1n) is 5.71. The van der Waals surface area contributed by atoms with E-state index in [1.165, 1.54) is 0 Å². The Kier molecular flexibility index (Phi) is 3.48. The van der Waals surface area contributed by atoms with Gasteiger partial charge in [-0.15, -0.1) is 0 Å². The van der Waals surface area contributed by atoms with Crippen molar-refractivity contribution in [2.24, 2.45) is 0 Å². The molecule has 0 fully saturated rings. The molecule has 0 aromatic heterocycles. The molecule has 1 aromatic rings. The Bertz CT molecular complexity index is 432. The number of hydroxylamine groups is 1. The van der Waals surface area contributed by atoms with Crippen LogP contribution in [0.3, 0.4) is 0 Å². The number of hydrogen-bond acceptors (Lipinski definition) is 3. The highest BCUT2D eigenvalue weighted by molar-refractivity contribution is 9.10. The van der Waals surface area contributed by atoms with E-state index in [1.54, 1.807) is 7.11 Å². The molecular formula is C13H18BrNO2. The van der Waals surface area contributed by atoms with E-state index in [1.807, 2.05) is 0 Å². The molecule has 4 heteroatoms. The average Bonchev–Trinajstić information content (AvgIpc) is 2.22. The topological polar surface area (TPSA) is 30.5 Å². The minimum atomic E-state index is -0.186. The van der Waals surface area contributed by atoms with Gasteiger partial charge in [-0.1, -0.05) is 22.0 Å². The lowest BCUT2D eigenvalue weighted by Crippen LogP contribution is -2.39. The van der Waals surface area contributed by atoms with Crippen LogP contribution in [0.4, 0.5) is 0 Å². The normalized spacial score (nSPS) is 21.8. The van der Waals surface area contributed by atoms with Crippen molar-refractivity contribution in [2.75, 3.05) is 7.11 Å². The van der Waals surface area contributed by atoms with Gasteiger partial charge in [-0.2, -0.15) is 5.48 Å². The molecule has 1 atom stereocenters. The molecule has 0 amide bonds. The zero-order chi connectivity index (χ0) is 12.6. The molecule has 1 aliphatic heterocycles. The number of fused-ring (bicyclic) bond motifs is 1. The molecule has 1 aromatic carbocycles. The molecule has 1 aliphatic rings. The highest BCUT2D eigenvalue weighted by Crippen LogP contribution is 2.44. The lowest BCUT2D eigenvalue weighted by Gasteiger charge is -2.38. The van der Waals surface area contributed by atoms with Crippen LogP contribution in [0.15, 0.2) is 16.6 Å². The quantitative estimate of drug-likeness (QED) is 0.848. The molecule has 1 N–H and O–H groups in total. The van der Waals surface area contributed by atoms with Gasteiger partial charge in [-0.3, -0.25) is 0 Å². The lowest BCUT2D eigenvalue weighted by molar-refractivity contribution is 0.00224. The zero-order valence-electron chi connectivity index (χ0n) is 10.6. The van der Waals surface area contributed by atoms with Gasteiger partial charge in [0.05, 0.1) is 13.2 Å². The number of aryl methyl sites for hydroxylation is 1. The van der Waals surface area contributed by atoms with Crippen LogP contribution in [-0.2, 0) is 4.84 Å². The first kappa shape index (κ1) is 12.9. The summed E-state index contributed by atoms with van der Waals surface area (Å²) >= 11 is 3.59. The predicted molar refractivity (Wildman–Crippen MR) is 71.1 cm³/mol. The Morgan fingerprint density at radius 1 is 1.47 bits per heavy atom. The fourth-order valence-electron chi connectivity index (χ4n) is 2.30. The van der Waals surface area contributed by atoms with Crippen molar-refractivity contribution >= 4 is 15.9 Å². The van der Waals surface area contributed by atoms with Gasteiger partial charge in [-0.25, -0.2) is 0 Å². The fraction of sp³-hybridized carbons (Fsp3) is 0.538. The molecule has 1 heterocycles. The van der Waals surface area contributed by atoms with Crippen LogP contribution >= 0.6 is 15.9 Å². The van der Waals surface area contributed by atoms with Gasteiger partial charge in [0.15, 0.2) is 0 Å². The second-order valence-corrected chi connectivity index (χ2v) is 5.90. The third-order valence-corrected chi connectivity index (χ3v) is 3.71. The first-order valence-corrected chi connectivity index (χ1v) is 6.50. The first-order chi connectivity index (χ1) is 7.94. The van der Waals surface area contributed by atoms with Crippen molar-refractivity contribution in [3.8, 4) is 5.75 Å². The van der Waals surface area contributed by atoms with Gasteiger partial charge in [-0.05, 0) is 32.4 Å². The number of nitrogens with one attached hydrogen (secondary N) is 1. The number of halogens is 1. The highest BCUT2D eigenvalue weighted by Gasteiger charge is 2.35. The van der Waals surface area contributed by atoms with Crippen LogP contribution in [0.25, 0.3) is 0 Å². The summed E-state index contributed by atoms with van der Waals surface area (Å²) in [4.78, 5) is 5.10. The van der Waals surface area contributed by atoms with Gasteiger partial charge in [0.25, 0.3) is 0 Å². The summed E-state index contributed by atoms with van der Waals surface area (Å²) in [6, 6.07) is 4.27. The van der Waals surface area contributed by atoms with Gasteiger partial charge in [0.1, 0.15) is 11.4 Å². The smallest absolute Gasteiger partial charge is 0.129 e. The van der Waals surface area contributed by atoms with Crippen molar-refractivity contribution in [1.82, 2.24) is 5.48 Å². The Hall–Kier alpha value is -0.580. The molecule has 0 radical (unpaired) electrons. The van der Waals surface area contributed by atoms with Gasteiger partial charge in [0, 0.05) is 16.5 Å². The average molecular weight is 300 g/mol. The van der Waals surface area contributed by atoms with Crippen LogP contribution in [-0.4, -0.2) is 12.7 Å². The van der Waals surface area contributed by atoms with Crippen LogP contribution in [0.5, 0.6) is 5.75 Å². The molecule has 1 unspecified atom stereocenters. The summed E-state index contributed by atoms with van der Waals surface area (Å²) in [5.74, 6) is 0.963. The number of rotatable bonds is 2. The van der Waals surface area contributed by atoms with E-state index in [2.05, 4.69) is 54.3 Å². The third kappa shape index (κ3) is 2.49. The van der Waals surface area contributed by atoms with Crippen LogP contribution in [0.1, 0.15) is 37.4 Å². The predicted octanol–water partition coefficient (Wildman–Crippen LogP) is 3.51. The second kappa shape index (κ2) is 4.59. The second-order valence-electron chi connectivity index (χ2n) is 5.05. The van der Waals surface area contributed by atoms with E-state index in [-0.39, 0.29) is 11.6 Å². The Balaban J connectivity index is 2.52. The summed E-state index contributed by atoms with van der Waals surface area (Å²) in [6.07, 6.45) is 0.871. The molecule has 0 bridgehead atoms. The molecular weight excluding hydrogens is 282 g/mol. The molecule has 0 saturated carbocycles. The number of benzene rings is 1. The van der Waals surface area contributed by atoms with E-state index < -0.39 is 0 Å². The van der Waals surface area contributed by atoms with Crippen LogP contribution in [0, 0.1) is 6.92 Å². The van der Waals surface area contributed by atoms with E-state index in [4.69, 9.17) is 9.57 Å². The minimum Gasteiger partial charge on any atom is -0.487 e. The number of hydrogen-bond donors (Lipinski definition) is 1. The lowest BCUT2D eigenvalue weighted by atomic mass is 9.89. The maximum absolute atomic E-state index is 6.08. The van der Waals surface area contributed by atoms with Crippen LogP contribution in [0.2, 0.25) is 0 Å².